The van der Waals surface area contributed by atoms with Gasteiger partial charge in [0.25, 0.3) is 0 Å². The molecular weight excluding hydrogens is 360 g/mol. The van der Waals surface area contributed by atoms with Crippen LogP contribution in [0.2, 0.25) is 0 Å². The number of unbranched alkanes of at least 4 members (excludes halogenated alkanes) is 1. The fourth-order valence-corrected chi connectivity index (χ4v) is 3.52. The molecule has 3 unspecified atom stereocenters. The number of carbonyl (C=O) groups excluding carboxylic acids is 2. The van der Waals surface area contributed by atoms with Gasteiger partial charge < -0.3 is 18.9 Å². The molecule has 0 N–H and O–H groups in total. The molecule has 0 radical (unpaired) electrons. The summed E-state index contributed by atoms with van der Waals surface area (Å²) in [7, 11) is 0. The number of ketones is 1. The standard InChI is InChI=1S/C22H28O6/c1-4-5-10-25-22(24)27-16-8-9-17-19(12-16)26-13-20(21(17)23)28-18-11-14(2)6-7-15(18)3/h6-7,11,13,16-17,19H,4-5,8-10,12H2,1-3H3. The molecule has 0 aromatic heterocycles. The summed E-state index contributed by atoms with van der Waals surface area (Å²) in [5.74, 6) is 0.559. The van der Waals surface area contributed by atoms with Gasteiger partial charge >= 0.3 is 6.16 Å². The number of allylic oxidation sites excluding steroid dienone is 1. The van der Waals surface area contributed by atoms with Crippen LogP contribution in [0.25, 0.3) is 0 Å². The third-order valence-corrected chi connectivity index (χ3v) is 5.22. The average Bonchev–Trinajstić information content (AvgIpc) is 2.67. The zero-order chi connectivity index (χ0) is 20.1. The van der Waals surface area contributed by atoms with Crippen LogP contribution in [0.5, 0.6) is 5.75 Å². The van der Waals surface area contributed by atoms with E-state index in [1.807, 2.05) is 39.0 Å². The van der Waals surface area contributed by atoms with Gasteiger partial charge in [0.05, 0.1) is 12.5 Å². The van der Waals surface area contributed by atoms with Crippen molar-refractivity contribution in [2.75, 3.05) is 6.61 Å². The van der Waals surface area contributed by atoms with E-state index in [0.29, 0.717) is 31.6 Å². The predicted octanol–water partition coefficient (Wildman–Crippen LogP) is 4.61. The van der Waals surface area contributed by atoms with Crippen LogP contribution in [0.1, 0.15) is 50.2 Å². The Kier molecular flexibility index (Phi) is 6.60. The highest BCUT2D eigenvalue weighted by atomic mass is 16.7. The van der Waals surface area contributed by atoms with Gasteiger partial charge in [0.1, 0.15) is 24.2 Å². The van der Waals surface area contributed by atoms with Gasteiger partial charge in [-0.25, -0.2) is 4.79 Å². The number of benzene rings is 1. The first-order valence-electron chi connectivity index (χ1n) is 9.96. The van der Waals surface area contributed by atoms with Crippen LogP contribution in [0.15, 0.2) is 30.2 Å². The van der Waals surface area contributed by atoms with Crippen molar-refractivity contribution in [3.05, 3.63) is 41.3 Å². The van der Waals surface area contributed by atoms with Gasteiger partial charge in [-0.05, 0) is 50.3 Å². The van der Waals surface area contributed by atoms with E-state index in [-0.39, 0.29) is 29.7 Å². The maximum atomic E-state index is 12.9. The van der Waals surface area contributed by atoms with Crippen LogP contribution in [0.4, 0.5) is 4.79 Å². The molecule has 1 fully saturated rings. The van der Waals surface area contributed by atoms with Gasteiger partial charge in [-0.2, -0.15) is 0 Å². The number of carbonyl (C=O) groups is 2. The summed E-state index contributed by atoms with van der Waals surface area (Å²) < 4.78 is 22.0. The molecule has 3 rings (SSSR count). The third-order valence-electron chi connectivity index (χ3n) is 5.22. The lowest BCUT2D eigenvalue weighted by molar-refractivity contribution is -0.132. The molecule has 152 valence electrons. The van der Waals surface area contributed by atoms with Crippen LogP contribution in [0, 0.1) is 19.8 Å². The number of hydrogen-bond acceptors (Lipinski definition) is 6. The lowest BCUT2D eigenvalue weighted by atomic mass is 9.80. The van der Waals surface area contributed by atoms with Gasteiger partial charge in [-0.1, -0.05) is 25.5 Å². The normalized spacial score (nSPS) is 23.9. The number of aryl methyl sites for hydroxylation is 2. The zero-order valence-electron chi connectivity index (χ0n) is 16.7. The number of Topliss-reactive ketones (excluding diaryl/α,β-unsaturated/α-hetero) is 1. The molecule has 0 bridgehead atoms. The smallest absolute Gasteiger partial charge is 0.493 e. The minimum absolute atomic E-state index is 0.0545. The van der Waals surface area contributed by atoms with E-state index in [0.717, 1.165) is 24.0 Å². The summed E-state index contributed by atoms with van der Waals surface area (Å²) in [6, 6.07) is 5.87. The van der Waals surface area contributed by atoms with Crippen molar-refractivity contribution in [1.82, 2.24) is 0 Å². The maximum Gasteiger partial charge on any atom is 0.508 e. The lowest BCUT2D eigenvalue weighted by Crippen LogP contribution is -2.43. The first kappa shape index (κ1) is 20.2. The third kappa shape index (κ3) is 4.86. The zero-order valence-corrected chi connectivity index (χ0v) is 16.7. The van der Waals surface area contributed by atoms with Crippen molar-refractivity contribution in [2.45, 2.75) is 65.1 Å². The van der Waals surface area contributed by atoms with Gasteiger partial charge in [0.2, 0.25) is 11.5 Å². The Balaban J connectivity index is 1.58. The summed E-state index contributed by atoms with van der Waals surface area (Å²) >= 11 is 0. The Morgan fingerprint density at radius 2 is 2.07 bits per heavy atom. The van der Waals surface area contributed by atoms with Crippen LogP contribution in [-0.4, -0.2) is 30.8 Å². The highest BCUT2D eigenvalue weighted by Gasteiger charge is 2.42. The highest BCUT2D eigenvalue weighted by Crippen LogP contribution is 2.35. The first-order valence-corrected chi connectivity index (χ1v) is 9.96. The van der Waals surface area contributed by atoms with E-state index in [2.05, 4.69) is 0 Å². The number of rotatable bonds is 6. The van der Waals surface area contributed by atoms with E-state index < -0.39 is 6.16 Å². The van der Waals surface area contributed by atoms with Gasteiger partial charge in [-0.3, -0.25) is 4.79 Å². The second kappa shape index (κ2) is 9.13. The van der Waals surface area contributed by atoms with Gasteiger partial charge in [-0.15, -0.1) is 0 Å². The summed E-state index contributed by atoms with van der Waals surface area (Å²) in [5.41, 5.74) is 2.02. The van der Waals surface area contributed by atoms with E-state index in [9.17, 15) is 9.59 Å². The van der Waals surface area contributed by atoms with Crippen molar-refractivity contribution < 1.29 is 28.5 Å². The van der Waals surface area contributed by atoms with E-state index in [4.69, 9.17) is 18.9 Å². The van der Waals surface area contributed by atoms with Crippen molar-refractivity contribution in [3.8, 4) is 5.75 Å². The van der Waals surface area contributed by atoms with Gasteiger partial charge in [0.15, 0.2) is 0 Å². The molecule has 6 nitrogen and oxygen atoms in total. The second-order valence-electron chi connectivity index (χ2n) is 7.50. The molecule has 1 heterocycles. The molecular formula is C22H28O6. The predicted molar refractivity (Wildman–Crippen MR) is 103 cm³/mol. The minimum Gasteiger partial charge on any atom is -0.493 e. The molecule has 1 aliphatic heterocycles. The first-order chi connectivity index (χ1) is 13.5. The largest absolute Gasteiger partial charge is 0.508 e. The maximum absolute atomic E-state index is 12.9. The molecule has 0 amide bonds. The number of hydrogen-bond donors (Lipinski definition) is 0. The molecule has 2 aliphatic rings. The van der Waals surface area contributed by atoms with Crippen molar-refractivity contribution >= 4 is 11.9 Å². The summed E-state index contributed by atoms with van der Waals surface area (Å²) in [6.45, 7) is 6.31. The van der Waals surface area contributed by atoms with Crippen LogP contribution >= 0.6 is 0 Å². The molecule has 0 spiro atoms. The molecule has 6 heteroatoms. The van der Waals surface area contributed by atoms with Gasteiger partial charge in [0, 0.05) is 6.42 Å². The molecule has 1 aliphatic carbocycles. The average molecular weight is 388 g/mol. The van der Waals surface area contributed by atoms with Crippen LogP contribution in [-0.2, 0) is 19.0 Å². The summed E-state index contributed by atoms with van der Waals surface area (Å²) in [5, 5.41) is 0. The molecule has 1 aromatic rings. The van der Waals surface area contributed by atoms with Crippen LogP contribution < -0.4 is 4.74 Å². The van der Waals surface area contributed by atoms with E-state index in [1.54, 1.807) is 0 Å². The summed E-state index contributed by atoms with van der Waals surface area (Å²) in [4.78, 5) is 24.6. The lowest BCUT2D eigenvalue weighted by Gasteiger charge is -2.36. The monoisotopic (exact) mass is 388 g/mol. The van der Waals surface area contributed by atoms with Crippen LogP contribution in [0.3, 0.4) is 0 Å². The quantitative estimate of drug-likeness (QED) is 0.523. The Morgan fingerprint density at radius 3 is 2.86 bits per heavy atom. The SMILES string of the molecule is CCCCOC(=O)OC1CCC2C(=O)C(Oc3cc(C)ccc3C)=COC2C1. The highest BCUT2D eigenvalue weighted by molar-refractivity contribution is 5.96. The van der Waals surface area contributed by atoms with Crippen molar-refractivity contribution in [3.63, 3.8) is 0 Å². The molecule has 1 saturated carbocycles. The Hall–Kier alpha value is -2.50. The second-order valence-corrected chi connectivity index (χ2v) is 7.50. The fourth-order valence-electron chi connectivity index (χ4n) is 3.52. The Bertz CT molecular complexity index is 753. The number of fused-ring (bicyclic) bond motifs is 1. The van der Waals surface area contributed by atoms with Crippen molar-refractivity contribution in [1.29, 1.82) is 0 Å². The number of ether oxygens (including phenoxy) is 4. The molecule has 28 heavy (non-hydrogen) atoms. The fraction of sp³-hybridized carbons (Fsp3) is 0.545. The molecule has 0 saturated heterocycles. The Morgan fingerprint density at radius 1 is 1.25 bits per heavy atom. The molecule has 1 aromatic carbocycles. The molecule has 3 atom stereocenters. The van der Waals surface area contributed by atoms with E-state index in [1.165, 1.54) is 6.26 Å². The Labute approximate surface area is 165 Å². The topological polar surface area (TPSA) is 71.1 Å². The summed E-state index contributed by atoms with van der Waals surface area (Å²) in [6.07, 6.45) is 3.59. The van der Waals surface area contributed by atoms with E-state index >= 15 is 0 Å². The van der Waals surface area contributed by atoms with Crippen molar-refractivity contribution in [2.24, 2.45) is 5.92 Å². The minimum atomic E-state index is -0.645.